The number of halogens is 3. The molecule has 1 N–H and O–H groups in total. The monoisotopic (exact) mass is 370 g/mol. The maximum Gasteiger partial charge on any atom is 0.276 e. The SMILES string of the molecule is Cc1c(C(=O)N2C[C@@H](C)O[C@@H](C)C2)noc1-c1cc(F)c(F)c(O)c1F. The molecular weight excluding hydrogens is 353 g/mol. The summed E-state index contributed by atoms with van der Waals surface area (Å²) in [6.07, 6.45) is -0.315. The van der Waals surface area contributed by atoms with Gasteiger partial charge < -0.3 is 19.3 Å². The number of carbonyl (C=O) groups is 1. The largest absolute Gasteiger partial charge is 0.503 e. The van der Waals surface area contributed by atoms with Gasteiger partial charge in [0, 0.05) is 18.7 Å². The van der Waals surface area contributed by atoms with Gasteiger partial charge in [0.05, 0.1) is 17.8 Å². The van der Waals surface area contributed by atoms with Crippen molar-refractivity contribution in [3.8, 4) is 17.1 Å². The first-order valence-corrected chi connectivity index (χ1v) is 7.98. The summed E-state index contributed by atoms with van der Waals surface area (Å²) in [7, 11) is 0. The van der Waals surface area contributed by atoms with Crippen LogP contribution in [0.3, 0.4) is 0 Å². The molecule has 9 heteroatoms. The Morgan fingerprint density at radius 1 is 1.23 bits per heavy atom. The minimum absolute atomic E-state index is 0.0649. The van der Waals surface area contributed by atoms with Crippen molar-refractivity contribution in [3.05, 3.63) is 34.8 Å². The van der Waals surface area contributed by atoms with E-state index in [1.807, 2.05) is 13.8 Å². The van der Waals surface area contributed by atoms with E-state index in [4.69, 9.17) is 9.26 Å². The molecule has 1 aromatic heterocycles. The normalized spacial score (nSPS) is 20.5. The van der Waals surface area contributed by atoms with Gasteiger partial charge in [0.1, 0.15) is 0 Å². The Hall–Kier alpha value is -2.55. The minimum atomic E-state index is -1.70. The molecule has 1 aliphatic heterocycles. The fourth-order valence-corrected chi connectivity index (χ4v) is 3.04. The summed E-state index contributed by atoms with van der Waals surface area (Å²) in [5.41, 5.74) is -0.426. The molecule has 0 radical (unpaired) electrons. The quantitative estimate of drug-likeness (QED) is 0.823. The highest BCUT2D eigenvalue weighted by Crippen LogP contribution is 2.35. The number of carbonyl (C=O) groups excluding carboxylic acids is 1. The molecule has 1 fully saturated rings. The highest BCUT2D eigenvalue weighted by atomic mass is 19.2. The van der Waals surface area contributed by atoms with Crippen molar-refractivity contribution in [3.63, 3.8) is 0 Å². The molecule has 2 heterocycles. The molecule has 0 aliphatic carbocycles. The summed E-state index contributed by atoms with van der Waals surface area (Å²) in [6.45, 7) is 5.81. The molecule has 0 saturated carbocycles. The van der Waals surface area contributed by atoms with Crippen LogP contribution in [0.15, 0.2) is 10.6 Å². The molecule has 26 heavy (non-hydrogen) atoms. The number of amides is 1. The summed E-state index contributed by atoms with van der Waals surface area (Å²) in [5, 5.41) is 13.0. The zero-order valence-electron chi connectivity index (χ0n) is 14.3. The van der Waals surface area contributed by atoms with E-state index in [2.05, 4.69) is 5.16 Å². The molecule has 0 bridgehead atoms. The number of aromatic nitrogens is 1. The molecule has 1 aliphatic rings. The first-order chi connectivity index (χ1) is 12.2. The number of phenolic OH excluding ortho intramolecular Hbond substituents is 1. The van der Waals surface area contributed by atoms with Gasteiger partial charge in [-0.15, -0.1) is 0 Å². The van der Waals surface area contributed by atoms with Gasteiger partial charge in [0.15, 0.2) is 28.8 Å². The van der Waals surface area contributed by atoms with Crippen LogP contribution in [-0.4, -0.2) is 46.4 Å². The van der Waals surface area contributed by atoms with Crippen LogP contribution in [0.4, 0.5) is 13.2 Å². The van der Waals surface area contributed by atoms with Crippen LogP contribution in [0, 0.1) is 24.4 Å². The van der Waals surface area contributed by atoms with E-state index in [-0.39, 0.29) is 29.2 Å². The zero-order chi connectivity index (χ0) is 19.2. The molecule has 1 amide bonds. The second kappa shape index (κ2) is 6.64. The van der Waals surface area contributed by atoms with Crippen molar-refractivity contribution >= 4 is 5.91 Å². The highest BCUT2D eigenvalue weighted by molar-refractivity contribution is 5.95. The number of nitrogens with zero attached hydrogens (tertiary/aromatic N) is 2. The lowest BCUT2D eigenvalue weighted by Crippen LogP contribution is -2.48. The molecule has 6 nitrogen and oxygen atoms in total. The molecule has 1 aromatic carbocycles. The van der Waals surface area contributed by atoms with Crippen molar-refractivity contribution < 1.29 is 32.3 Å². The van der Waals surface area contributed by atoms with Crippen molar-refractivity contribution in [1.82, 2.24) is 10.1 Å². The summed E-state index contributed by atoms with van der Waals surface area (Å²) in [6, 6.07) is 0.547. The van der Waals surface area contributed by atoms with Crippen LogP contribution < -0.4 is 0 Å². The molecule has 0 unspecified atom stereocenters. The maximum atomic E-state index is 14.1. The van der Waals surface area contributed by atoms with Crippen LogP contribution in [0.5, 0.6) is 5.75 Å². The second-order valence-corrected chi connectivity index (χ2v) is 6.34. The zero-order valence-corrected chi connectivity index (χ0v) is 14.3. The molecule has 140 valence electrons. The third-order valence-electron chi connectivity index (χ3n) is 4.21. The van der Waals surface area contributed by atoms with Crippen LogP contribution >= 0.6 is 0 Å². The molecule has 0 spiro atoms. The van der Waals surface area contributed by atoms with E-state index in [9.17, 15) is 23.1 Å². The average Bonchev–Trinajstić information content (AvgIpc) is 2.96. The lowest BCUT2D eigenvalue weighted by atomic mass is 10.1. The van der Waals surface area contributed by atoms with Crippen LogP contribution in [-0.2, 0) is 4.74 Å². The van der Waals surface area contributed by atoms with Crippen LogP contribution in [0.25, 0.3) is 11.3 Å². The van der Waals surface area contributed by atoms with E-state index in [1.165, 1.54) is 11.8 Å². The molecule has 2 aromatic rings. The van der Waals surface area contributed by atoms with Gasteiger partial charge in [0.25, 0.3) is 5.91 Å². The Labute approximate surface area is 147 Å². The van der Waals surface area contributed by atoms with Gasteiger partial charge >= 0.3 is 0 Å². The summed E-state index contributed by atoms with van der Waals surface area (Å²) < 4.78 is 51.5. The summed E-state index contributed by atoms with van der Waals surface area (Å²) in [4.78, 5) is 14.2. The van der Waals surface area contributed by atoms with Crippen LogP contribution in [0.1, 0.15) is 29.9 Å². The topological polar surface area (TPSA) is 75.8 Å². The third kappa shape index (κ3) is 3.03. The standard InChI is InChI=1S/C17H17F3N2O4/c1-7-5-22(6-8(2)25-7)17(24)14-9(3)16(26-21-14)10-4-11(18)13(20)15(23)12(10)19/h4,7-8,23H,5-6H2,1-3H3/t7-,8+. The van der Waals surface area contributed by atoms with Gasteiger partial charge in [-0.05, 0) is 26.8 Å². The first-order valence-electron chi connectivity index (χ1n) is 7.98. The Kier molecular flexibility index (Phi) is 4.66. The Morgan fingerprint density at radius 2 is 1.85 bits per heavy atom. The maximum absolute atomic E-state index is 14.1. The predicted octanol–water partition coefficient (Wildman–Crippen LogP) is 3.02. The number of aromatic hydroxyl groups is 1. The Bertz CT molecular complexity index is 858. The van der Waals surface area contributed by atoms with Gasteiger partial charge in [-0.2, -0.15) is 4.39 Å². The minimum Gasteiger partial charge on any atom is -0.503 e. The van der Waals surface area contributed by atoms with E-state index in [0.717, 1.165) is 0 Å². The average molecular weight is 370 g/mol. The van der Waals surface area contributed by atoms with E-state index in [1.54, 1.807) is 0 Å². The number of morpholine rings is 1. The lowest BCUT2D eigenvalue weighted by molar-refractivity contribution is -0.0588. The van der Waals surface area contributed by atoms with Gasteiger partial charge in [-0.1, -0.05) is 5.16 Å². The fourth-order valence-electron chi connectivity index (χ4n) is 3.04. The summed E-state index contributed by atoms with van der Waals surface area (Å²) in [5.74, 6) is -6.69. The number of ether oxygens (including phenoxy) is 1. The van der Waals surface area contributed by atoms with Gasteiger partial charge in [-0.3, -0.25) is 4.79 Å². The van der Waals surface area contributed by atoms with Crippen molar-refractivity contribution in [2.24, 2.45) is 0 Å². The molecular formula is C17H17F3N2O4. The van der Waals surface area contributed by atoms with Crippen molar-refractivity contribution in [2.75, 3.05) is 13.1 Å². The van der Waals surface area contributed by atoms with Crippen molar-refractivity contribution in [2.45, 2.75) is 33.0 Å². The van der Waals surface area contributed by atoms with Crippen molar-refractivity contribution in [1.29, 1.82) is 0 Å². The van der Waals surface area contributed by atoms with E-state index < -0.39 is 34.7 Å². The number of phenols is 1. The third-order valence-corrected chi connectivity index (χ3v) is 4.21. The second-order valence-electron chi connectivity index (χ2n) is 6.34. The van der Waals surface area contributed by atoms with E-state index >= 15 is 0 Å². The Morgan fingerprint density at radius 3 is 2.46 bits per heavy atom. The number of hydrogen-bond acceptors (Lipinski definition) is 5. The number of rotatable bonds is 2. The summed E-state index contributed by atoms with van der Waals surface area (Å²) >= 11 is 0. The lowest BCUT2D eigenvalue weighted by Gasteiger charge is -2.34. The van der Waals surface area contributed by atoms with Gasteiger partial charge in [0.2, 0.25) is 5.82 Å². The van der Waals surface area contributed by atoms with Gasteiger partial charge in [-0.25, -0.2) is 8.78 Å². The number of benzene rings is 1. The molecule has 3 rings (SSSR count). The highest BCUT2D eigenvalue weighted by Gasteiger charge is 2.31. The molecule has 1 saturated heterocycles. The number of hydrogen-bond donors (Lipinski definition) is 1. The molecule has 2 atom stereocenters. The van der Waals surface area contributed by atoms with Crippen LogP contribution in [0.2, 0.25) is 0 Å². The fraction of sp³-hybridized carbons (Fsp3) is 0.412. The first kappa shape index (κ1) is 18.2. The Balaban J connectivity index is 1.98. The van der Waals surface area contributed by atoms with E-state index in [0.29, 0.717) is 19.2 Å². The smallest absolute Gasteiger partial charge is 0.276 e. The predicted molar refractivity (Wildman–Crippen MR) is 84.1 cm³/mol.